The number of ether oxygens (including phenoxy) is 3. The van der Waals surface area contributed by atoms with Crippen LogP contribution in [0.5, 0.6) is 0 Å². The molecule has 0 amide bonds. The molecule has 1 aliphatic carbocycles. The summed E-state index contributed by atoms with van der Waals surface area (Å²) in [5, 5.41) is 2.40. The van der Waals surface area contributed by atoms with Gasteiger partial charge in [0.05, 0.1) is 31.5 Å². The van der Waals surface area contributed by atoms with E-state index in [0.29, 0.717) is 32.5 Å². The molecule has 9 heteroatoms. The minimum absolute atomic E-state index is 0.00279. The second-order valence-electron chi connectivity index (χ2n) is 16.6. The molecule has 1 saturated carbocycles. The third kappa shape index (κ3) is 9.64. The molecule has 2 aromatic rings. The van der Waals surface area contributed by atoms with Gasteiger partial charge in [-0.05, 0) is 59.6 Å². The van der Waals surface area contributed by atoms with Crippen molar-refractivity contribution in [2.45, 2.75) is 128 Å². The summed E-state index contributed by atoms with van der Waals surface area (Å²) < 4.78 is 40.5. The molecule has 0 bridgehead atoms. The molecule has 0 radical (unpaired) electrons. The van der Waals surface area contributed by atoms with Crippen LogP contribution in [0.15, 0.2) is 73.3 Å². The van der Waals surface area contributed by atoms with Gasteiger partial charge in [0.25, 0.3) is 8.32 Å². The lowest BCUT2D eigenvalue weighted by molar-refractivity contribution is -0.239. The Morgan fingerprint density at radius 3 is 1.68 bits per heavy atom. The SMILES string of the molecule is C=CC[C@@]1(OCOCCOC)[C@@H](O[Si](C)(C)C)C[C@H](O[Si](c2ccccc2)(c2ccccc2)C(C)(C)C)C[C@@H]1O[Si](C)(C)C(C)(C)C. The molecule has 0 aromatic heterocycles. The Bertz CT molecular complexity index is 1200. The van der Waals surface area contributed by atoms with Gasteiger partial charge in [0.15, 0.2) is 16.6 Å². The van der Waals surface area contributed by atoms with E-state index in [4.69, 9.17) is 27.5 Å². The van der Waals surface area contributed by atoms with Crippen molar-refractivity contribution in [3.63, 3.8) is 0 Å². The van der Waals surface area contributed by atoms with Crippen LogP contribution in [0.3, 0.4) is 0 Å². The van der Waals surface area contributed by atoms with E-state index < -0.39 is 30.6 Å². The maximum absolute atomic E-state index is 7.80. The Morgan fingerprint density at radius 2 is 1.26 bits per heavy atom. The summed E-state index contributed by atoms with van der Waals surface area (Å²) in [5.41, 5.74) is -0.782. The Hall–Kier alpha value is -1.41. The van der Waals surface area contributed by atoms with Crippen molar-refractivity contribution in [1.29, 1.82) is 0 Å². The molecule has 47 heavy (non-hydrogen) atoms. The van der Waals surface area contributed by atoms with Crippen LogP contribution in [0.25, 0.3) is 0 Å². The fourth-order valence-electron chi connectivity index (χ4n) is 6.56. The third-order valence-corrected chi connectivity index (χ3v) is 20.4. The molecular weight excluding hydrogens is 637 g/mol. The van der Waals surface area contributed by atoms with Crippen molar-refractivity contribution in [3.05, 3.63) is 73.3 Å². The first-order valence-corrected chi connectivity index (χ1v) is 25.5. The average molecular weight is 701 g/mol. The van der Waals surface area contributed by atoms with Crippen molar-refractivity contribution >= 4 is 35.3 Å². The highest BCUT2D eigenvalue weighted by molar-refractivity contribution is 6.99. The molecule has 1 aliphatic rings. The monoisotopic (exact) mass is 700 g/mol. The van der Waals surface area contributed by atoms with Crippen molar-refractivity contribution in [3.8, 4) is 0 Å². The predicted molar refractivity (Wildman–Crippen MR) is 203 cm³/mol. The van der Waals surface area contributed by atoms with E-state index in [2.05, 4.69) is 142 Å². The molecule has 0 aliphatic heterocycles. The number of rotatable bonds is 16. The lowest BCUT2D eigenvalue weighted by Crippen LogP contribution is -2.70. The zero-order valence-electron chi connectivity index (χ0n) is 31.5. The van der Waals surface area contributed by atoms with Gasteiger partial charge in [-0.1, -0.05) is 108 Å². The van der Waals surface area contributed by atoms with Gasteiger partial charge >= 0.3 is 0 Å². The van der Waals surface area contributed by atoms with E-state index >= 15 is 0 Å². The van der Waals surface area contributed by atoms with Gasteiger partial charge in [-0.25, -0.2) is 0 Å². The van der Waals surface area contributed by atoms with Crippen LogP contribution in [-0.2, 0) is 27.5 Å². The summed E-state index contributed by atoms with van der Waals surface area (Å²) >= 11 is 0. The van der Waals surface area contributed by atoms with Crippen LogP contribution in [0.2, 0.25) is 42.8 Å². The molecule has 1 fully saturated rings. The van der Waals surface area contributed by atoms with Crippen LogP contribution >= 0.6 is 0 Å². The first-order valence-electron chi connectivity index (χ1n) is 17.3. The summed E-state index contributed by atoms with van der Waals surface area (Å²) in [4.78, 5) is 0. The Morgan fingerprint density at radius 1 is 0.745 bits per heavy atom. The lowest BCUT2D eigenvalue weighted by Gasteiger charge is -2.56. The highest BCUT2D eigenvalue weighted by Crippen LogP contribution is 2.48. The first-order chi connectivity index (χ1) is 21.8. The second kappa shape index (κ2) is 16.1. The van der Waals surface area contributed by atoms with Gasteiger partial charge in [-0.3, -0.25) is 0 Å². The van der Waals surface area contributed by atoms with Gasteiger partial charge in [0.1, 0.15) is 12.4 Å². The molecule has 0 unspecified atom stereocenters. The first kappa shape index (κ1) is 40.0. The number of methoxy groups -OCH3 is 1. The summed E-state index contributed by atoms with van der Waals surface area (Å²) in [6.07, 6.45) is 3.25. The number of benzene rings is 2. The molecule has 264 valence electrons. The fourth-order valence-corrected chi connectivity index (χ4v) is 13.8. The van der Waals surface area contributed by atoms with Crippen LogP contribution in [-0.4, -0.2) is 76.0 Å². The average Bonchev–Trinajstić information content (AvgIpc) is 2.97. The maximum Gasteiger partial charge on any atom is 0.261 e. The Balaban J connectivity index is 2.22. The molecule has 0 heterocycles. The van der Waals surface area contributed by atoms with Crippen LogP contribution in [0, 0.1) is 0 Å². The quantitative estimate of drug-likeness (QED) is 0.0761. The molecular formula is C38H64O6Si3. The van der Waals surface area contributed by atoms with Crippen LogP contribution < -0.4 is 10.4 Å². The minimum Gasteiger partial charge on any atom is -0.412 e. The Labute approximate surface area is 289 Å². The molecule has 2 aromatic carbocycles. The minimum atomic E-state index is -2.84. The summed E-state index contributed by atoms with van der Waals surface area (Å²) in [6.45, 7) is 30.6. The number of hydrogen-bond donors (Lipinski definition) is 0. The largest absolute Gasteiger partial charge is 0.412 e. The van der Waals surface area contributed by atoms with Gasteiger partial charge in [-0.15, -0.1) is 6.58 Å². The van der Waals surface area contributed by atoms with E-state index in [1.807, 2.05) is 6.08 Å². The van der Waals surface area contributed by atoms with E-state index in [1.54, 1.807) is 7.11 Å². The third-order valence-electron chi connectivity index (χ3n) is 9.85. The van der Waals surface area contributed by atoms with Crippen molar-refractivity contribution in [2.75, 3.05) is 27.1 Å². The zero-order chi connectivity index (χ0) is 35.2. The molecule has 3 rings (SSSR count). The maximum atomic E-state index is 7.80. The highest BCUT2D eigenvalue weighted by atomic mass is 28.4. The lowest BCUT2D eigenvalue weighted by atomic mass is 9.76. The highest BCUT2D eigenvalue weighted by Gasteiger charge is 2.59. The van der Waals surface area contributed by atoms with Gasteiger partial charge in [0.2, 0.25) is 0 Å². The molecule has 0 N–H and O–H groups in total. The van der Waals surface area contributed by atoms with E-state index in [9.17, 15) is 0 Å². The topological polar surface area (TPSA) is 55.4 Å². The standard InChI is InChI=1S/C38H64O6Si3/c1-14-25-38(41-30-40-27-26-39-8)34(43-45(9,10)11)28-31(29-35(38)44-46(12,13)36(2,3)4)42-47(37(5,6)7,32-21-17-15-18-22-32)33-23-19-16-20-24-33/h14-24,31,34-35H,1,25-30H2,2-13H3/t31-,34-,35-,38+/m0/s1. The molecule has 0 spiro atoms. The van der Waals surface area contributed by atoms with E-state index in [1.165, 1.54) is 10.4 Å². The van der Waals surface area contributed by atoms with Gasteiger partial charge in [0, 0.05) is 20.0 Å². The second-order valence-corrected chi connectivity index (χ2v) is 30.0. The smallest absolute Gasteiger partial charge is 0.261 e. The predicted octanol–water partition coefficient (Wildman–Crippen LogP) is 8.29. The van der Waals surface area contributed by atoms with Crippen molar-refractivity contribution in [1.82, 2.24) is 0 Å². The Kier molecular flexibility index (Phi) is 13.7. The summed E-state index contributed by atoms with van der Waals surface area (Å²) in [7, 11) is -5.50. The van der Waals surface area contributed by atoms with E-state index in [-0.39, 0.29) is 35.2 Å². The molecule has 0 saturated heterocycles. The van der Waals surface area contributed by atoms with Gasteiger partial charge in [-0.2, -0.15) is 0 Å². The molecule has 4 atom stereocenters. The van der Waals surface area contributed by atoms with Crippen molar-refractivity contribution < 1.29 is 27.5 Å². The normalized spacial score (nSPS) is 23.1. The summed E-state index contributed by atoms with van der Waals surface area (Å²) in [6, 6.07) is 21.8. The number of hydrogen-bond acceptors (Lipinski definition) is 6. The van der Waals surface area contributed by atoms with E-state index in [0.717, 1.165) is 0 Å². The zero-order valence-corrected chi connectivity index (χ0v) is 34.5. The fraction of sp³-hybridized carbons (Fsp3) is 0.632. The van der Waals surface area contributed by atoms with Gasteiger partial charge < -0.3 is 27.5 Å². The van der Waals surface area contributed by atoms with Crippen LogP contribution in [0.4, 0.5) is 0 Å². The molecule has 6 nitrogen and oxygen atoms in total. The summed E-state index contributed by atoms with van der Waals surface area (Å²) in [5.74, 6) is 0. The van der Waals surface area contributed by atoms with Crippen molar-refractivity contribution in [2.24, 2.45) is 0 Å². The van der Waals surface area contributed by atoms with Crippen LogP contribution in [0.1, 0.15) is 60.8 Å².